The molecule has 0 aliphatic carbocycles. The van der Waals surface area contributed by atoms with Crippen molar-refractivity contribution in [2.75, 3.05) is 0 Å². The Morgan fingerprint density at radius 2 is 1.07 bits per heavy atom. The minimum Gasteiger partial charge on any atom is -0.551 e. The van der Waals surface area contributed by atoms with Crippen molar-refractivity contribution in [3.63, 3.8) is 0 Å². The lowest BCUT2D eigenvalue weighted by molar-refractivity contribution is 0.480. The highest BCUT2D eigenvalue weighted by molar-refractivity contribution is 7.20. The third-order valence-corrected chi connectivity index (χ3v) is 15.4. The standard InChI is InChI=1S/C54H36BNO2Si/c1-4-19-40(20-5-1)59(41-21-6-2-7-22-41,42-23-8-3-9-24-42)43-31-32-48-52(36-43)57-53-35-38(34-47-46-27-12-15-30-51(46)58-55(48)54(47)53)37-17-16-18-39(33-37)56-49-28-13-10-25-44(49)45-26-11-14-29-50(45)56/h1-36H/i10D,11D,12D,13D,14D,15D,16D,17D,18D,25D,26D,27D,28D,29D,30D,31D,32D,33D,34D,35D,36D. The maximum Gasteiger partial charge on any atom is 0.434 e. The number of nitrogens with zero attached hydrogens (tertiary/aromatic N) is 1. The first-order chi connectivity index (χ1) is 38.0. The molecule has 0 N–H and O–H groups in total. The van der Waals surface area contributed by atoms with E-state index in [4.69, 9.17) is 24.5 Å². The number of aromatic nitrogens is 1. The van der Waals surface area contributed by atoms with Crippen molar-refractivity contribution in [3.8, 4) is 45.2 Å². The van der Waals surface area contributed by atoms with E-state index in [1.54, 1.807) is 0 Å². The smallest absolute Gasteiger partial charge is 0.434 e. The number of benzene rings is 9. The summed E-state index contributed by atoms with van der Waals surface area (Å²) in [5.74, 6) is -1.44. The van der Waals surface area contributed by atoms with E-state index in [9.17, 15) is 13.7 Å². The highest BCUT2D eigenvalue weighted by Gasteiger charge is 2.45. The monoisotopic (exact) mass is 790 g/mol. The van der Waals surface area contributed by atoms with Gasteiger partial charge in [0.15, 0.2) is 8.07 Å². The summed E-state index contributed by atoms with van der Waals surface area (Å²) in [5, 5.41) is 1.42. The summed E-state index contributed by atoms with van der Waals surface area (Å²) in [5.41, 5.74) is -4.52. The third kappa shape index (κ3) is 5.15. The summed E-state index contributed by atoms with van der Waals surface area (Å²) in [4.78, 5) is 0. The number of hydrogen-bond acceptors (Lipinski definition) is 2. The molecule has 0 saturated carbocycles. The van der Waals surface area contributed by atoms with E-state index in [1.807, 2.05) is 91.0 Å². The number of fused-ring (bicyclic) bond motifs is 7. The molecule has 0 fully saturated rings. The highest BCUT2D eigenvalue weighted by atomic mass is 28.3. The lowest BCUT2D eigenvalue weighted by atomic mass is 9.50. The molecule has 0 saturated heterocycles. The molecule has 1 aromatic heterocycles. The van der Waals surface area contributed by atoms with E-state index in [2.05, 4.69) is 0 Å². The first kappa shape index (κ1) is 18.9. The van der Waals surface area contributed by atoms with Gasteiger partial charge in [-0.05, 0) is 85.8 Å². The van der Waals surface area contributed by atoms with Gasteiger partial charge in [-0.1, -0.05) is 170 Å². The normalized spacial score (nSPS) is 17.6. The van der Waals surface area contributed by atoms with E-state index < -0.39 is 198 Å². The number of rotatable bonds is 6. The summed E-state index contributed by atoms with van der Waals surface area (Å²) < 4.78 is 209. The zero-order valence-corrected chi connectivity index (χ0v) is 31.5. The maximum absolute atomic E-state index is 10.4. The molecule has 3 nitrogen and oxygen atoms in total. The first-order valence-electron chi connectivity index (χ1n) is 29.1. The Bertz CT molecular complexity index is 4280. The van der Waals surface area contributed by atoms with Gasteiger partial charge in [-0.3, -0.25) is 0 Å². The van der Waals surface area contributed by atoms with Crippen LogP contribution >= 0.6 is 0 Å². The molecule has 0 radical (unpaired) electrons. The predicted octanol–water partition coefficient (Wildman–Crippen LogP) is 9.10. The van der Waals surface area contributed by atoms with E-state index >= 15 is 0 Å². The quantitative estimate of drug-likeness (QED) is 0.124. The van der Waals surface area contributed by atoms with Gasteiger partial charge in [0.2, 0.25) is 0 Å². The van der Waals surface area contributed by atoms with Crippen LogP contribution in [0.15, 0.2) is 218 Å². The molecule has 2 aliphatic heterocycles. The first-order valence-corrected chi connectivity index (χ1v) is 20.6. The van der Waals surface area contributed by atoms with Gasteiger partial charge < -0.3 is 14.0 Å². The summed E-state index contributed by atoms with van der Waals surface area (Å²) in [6.07, 6.45) is 0. The topological polar surface area (TPSA) is 23.4 Å². The second-order valence-electron chi connectivity index (χ2n) is 13.9. The van der Waals surface area contributed by atoms with Crippen LogP contribution < -0.4 is 41.1 Å². The third-order valence-electron chi connectivity index (χ3n) is 10.8. The van der Waals surface area contributed by atoms with Crippen molar-refractivity contribution in [1.82, 2.24) is 4.57 Å². The van der Waals surface area contributed by atoms with Crippen LogP contribution in [-0.4, -0.2) is 19.6 Å². The molecule has 0 spiro atoms. The van der Waals surface area contributed by atoms with Crippen molar-refractivity contribution in [2.24, 2.45) is 0 Å². The number of para-hydroxylation sites is 3. The summed E-state index contributed by atoms with van der Waals surface area (Å²) in [6, 6.07) is 11.8. The van der Waals surface area contributed by atoms with E-state index in [0.29, 0.717) is 0 Å². The lowest BCUT2D eigenvalue weighted by Gasteiger charge is -2.36. The Labute approximate surface area is 374 Å². The second-order valence-corrected chi connectivity index (χ2v) is 17.6. The second kappa shape index (κ2) is 13.4. The summed E-state index contributed by atoms with van der Waals surface area (Å²) in [6.45, 7) is -1.71. The molecule has 0 bridgehead atoms. The Kier molecular flexibility index (Phi) is 4.29. The van der Waals surface area contributed by atoms with Crippen LogP contribution in [0.2, 0.25) is 0 Å². The molecule has 2 aliphatic rings. The van der Waals surface area contributed by atoms with Crippen molar-refractivity contribution in [3.05, 3.63) is 218 Å². The van der Waals surface area contributed by atoms with Gasteiger partial charge in [0.1, 0.15) is 17.2 Å². The van der Waals surface area contributed by atoms with Crippen LogP contribution in [0.5, 0.6) is 17.2 Å². The van der Waals surface area contributed by atoms with Crippen LogP contribution in [0.1, 0.15) is 28.8 Å². The molecular formula is C54H36BNO2Si. The van der Waals surface area contributed by atoms with Crippen LogP contribution in [0.4, 0.5) is 0 Å². The fraction of sp³-hybridized carbons (Fsp3) is 0. The van der Waals surface area contributed by atoms with Gasteiger partial charge in [0.05, 0.1) is 39.8 Å². The van der Waals surface area contributed by atoms with E-state index in [1.165, 1.54) is 0 Å². The average molecular weight is 791 g/mol. The molecule has 59 heavy (non-hydrogen) atoms. The van der Waals surface area contributed by atoms with Crippen molar-refractivity contribution in [1.29, 1.82) is 0 Å². The van der Waals surface area contributed by atoms with Crippen LogP contribution in [0, 0.1) is 0 Å². The van der Waals surface area contributed by atoms with Gasteiger partial charge in [0, 0.05) is 32.9 Å². The van der Waals surface area contributed by atoms with Gasteiger partial charge >= 0.3 is 6.92 Å². The zero-order chi connectivity index (χ0) is 57.2. The molecule has 12 rings (SSSR count). The molecule has 9 aromatic carbocycles. The Hall–Kier alpha value is -7.34. The van der Waals surface area contributed by atoms with Gasteiger partial charge in [0.25, 0.3) is 0 Å². The molecule has 0 amide bonds. The molecular weight excluding hydrogens is 733 g/mol. The van der Waals surface area contributed by atoms with Crippen molar-refractivity contribution < 1.29 is 38.2 Å². The number of ether oxygens (including phenoxy) is 1. The Balaban J connectivity index is 1.23. The summed E-state index contributed by atoms with van der Waals surface area (Å²) in [7, 11) is -3.88. The molecule has 5 heteroatoms. The lowest BCUT2D eigenvalue weighted by Crippen LogP contribution is -2.75. The van der Waals surface area contributed by atoms with Crippen LogP contribution in [0.25, 0.3) is 49.7 Å². The van der Waals surface area contributed by atoms with Crippen LogP contribution in [0.3, 0.4) is 0 Å². The summed E-state index contributed by atoms with van der Waals surface area (Å²) >= 11 is 0. The minimum atomic E-state index is -3.88. The molecule has 0 unspecified atom stereocenters. The highest BCUT2D eigenvalue weighted by Crippen LogP contribution is 2.42. The van der Waals surface area contributed by atoms with Crippen LogP contribution in [-0.2, 0) is 0 Å². The number of hydrogen-bond donors (Lipinski definition) is 0. The van der Waals surface area contributed by atoms with E-state index in [0.717, 1.165) is 20.1 Å². The van der Waals surface area contributed by atoms with Gasteiger partial charge in [-0.25, -0.2) is 0 Å². The fourth-order valence-electron chi connectivity index (χ4n) is 8.28. The Morgan fingerprint density at radius 1 is 0.458 bits per heavy atom. The van der Waals surface area contributed by atoms with Gasteiger partial charge in [-0.2, -0.15) is 0 Å². The van der Waals surface area contributed by atoms with Crippen molar-refractivity contribution in [2.45, 2.75) is 0 Å². The van der Waals surface area contributed by atoms with Crippen molar-refractivity contribution >= 4 is 68.5 Å². The Morgan fingerprint density at radius 3 is 1.73 bits per heavy atom. The molecule has 0 atom stereocenters. The molecule has 10 aromatic rings. The fourth-order valence-corrected chi connectivity index (χ4v) is 12.8. The zero-order valence-electron chi connectivity index (χ0n) is 51.5. The van der Waals surface area contributed by atoms with Gasteiger partial charge in [-0.15, -0.1) is 0 Å². The average Bonchev–Trinajstić information content (AvgIpc) is 1.64. The largest absolute Gasteiger partial charge is 0.551 e. The predicted molar refractivity (Wildman–Crippen MR) is 247 cm³/mol. The minimum absolute atomic E-state index is 0.0917. The van der Waals surface area contributed by atoms with E-state index in [-0.39, 0.29) is 27.4 Å². The maximum atomic E-state index is 10.4. The molecule has 276 valence electrons. The molecule has 3 heterocycles. The SMILES string of the molecule is [2H]c1c([2H])c([2H])c2c(c1[2H])OB1c3c([2H])c([2H])c([Si](c4ccccc4)(c4ccccc4)c4ccccc4)c([2H])c3Oc3c([2H])c(-c4c([2H])c([2H])c([2H])c(-n5c6c([2H])c([2H])c([2H])c([2H])c6c6c([2H])c([2H])c([2H])c([2H])c65)c4[2H])c([2H])c-2c31.